The maximum Gasteiger partial charge on any atom is 0.361 e. The summed E-state index contributed by atoms with van der Waals surface area (Å²) in [4.78, 5) is 4.09. The van der Waals surface area contributed by atoms with Crippen molar-refractivity contribution < 1.29 is 8.94 Å². The minimum absolute atomic E-state index is 0.152. The summed E-state index contributed by atoms with van der Waals surface area (Å²) in [5.74, 6) is 0.738. The van der Waals surface area contributed by atoms with Crippen LogP contribution in [0.5, 0.6) is 0 Å². The van der Waals surface area contributed by atoms with Crippen molar-refractivity contribution in [3.63, 3.8) is 0 Å². The second-order valence-electron chi connectivity index (χ2n) is 4.46. The van der Waals surface area contributed by atoms with Crippen LogP contribution in [0.4, 0.5) is 4.39 Å². The fraction of sp³-hybridized carbons (Fsp3) is 0.385. The predicted octanol–water partition coefficient (Wildman–Crippen LogP) is 2.41. The van der Waals surface area contributed by atoms with Crippen LogP contribution in [-0.4, -0.2) is 25.1 Å². The second kappa shape index (κ2) is 4.94. The molecule has 3 rings (SSSR count). The number of aromatic nitrogens is 3. The van der Waals surface area contributed by atoms with Crippen LogP contribution < -0.4 is 0 Å². The zero-order chi connectivity index (χ0) is 13.4. The molecule has 100 valence electrons. The highest BCUT2D eigenvalue weighted by Crippen LogP contribution is 2.39. The van der Waals surface area contributed by atoms with Crippen LogP contribution in [0.2, 0.25) is 0 Å². The van der Waals surface area contributed by atoms with Crippen LogP contribution in [0.15, 0.2) is 35.5 Å². The summed E-state index contributed by atoms with van der Waals surface area (Å²) in [5, 5.41) is 4.47. The molecule has 0 radical (unpaired) electrons. The standard InChI is InChI=1S/C13H14FN3OS/c1-2-19(18)13-15-12-10(14)8-11(17(12)16-13)9-6-4-3-5-7-9/h3-7,10-11H,2,8H2,1H3/t10?,11?,19-/m0/s1. The molecule has 0 saturated carbocycles. The van der Waals surface area contributed by atoms with E-state index in [9.17, 15) is 8.94 Å². The molecule has 6 heteroatoms. The van der Waals surface area contributed by atoms with E-state index in [0.717, 1.165) is 5.56 Å². The Bertz CT molecular complexity index is 575. The number of halogens is 1. The molecule has 1 aliphatic heterocycles. The minimum atomic E-state index is -1.24. The average Bonchev–Trinajstić information content (AvgIpc) is 3.00. The molecule has 4 nitrogen and oxygen atoms in total. The molecule has 0 fully saturated rings. The van der Waals surface area contributed by atoms with E-state index in [2.05, 4.69) is 10.1 Å². The van der Waals surface area contributed by atoms with Gasteiger partial charge in [0.25, 0.3) is 0 Å². The van der Waals surface area contributed by atoms with E-state index in [4.69, 9.17) is 0 Å². The van der Waals surface area contributed by atoms with E-state index in [1.54, 1.807) is 11.6 Å². The number of rotatable bonds is 3. The number of fused-ring (bicyclic) bond motifs is 1. The molecule has 0 saturated heterocycles. The first-order valence-corrected chi connectivity index (χ1v) is 7.56. The summed E-state index contributed by atoms with van der Waals surface area (Å²) in [7, 11) is 0. The summed E-state index contributed by atoms with van der Waals surface area (Å²) in [6.45, 7) is 1.80. The quantitative estimate of drug-likeness (QED) is 0.811. The lowest BCUT2D eigenvalue weighted by atomic mass is 10.0. The van der Waals surface area contributed by atoms with E-state index in [1.807, 2.05) is 30.3 Å². The smallest absolute Gasteiger partial charge is 0.361 e. The molecule has 2 heterocycles. The van der Waals surface area contributed by atoms with Gasteiger partial charge in [0.1, 0.15) is 5.75 Å². The van der Waals surface area contributed by atoms with Crippen molar-refractivity contribution in [1.82, 2.24) is 14.8 Å². The number of hydrogen-bond donors (Lipinski definition) is 0. The second-order valence-corrected chi connectivity index (χ2v) is 6.09. The molecule has 0 spiro atoms. The van der Waals surface area contributed by atoms with Crippen molar-refractivity contribution in [3.05, 3.63) is 41.7 Å². The molecule has 0 aliphatic carbocycles. The van der Waals surface area contributed by atoms with Crippen molar-refractivity contribution in [3.8, 4) is 0 Å². The Labute approximate surface area is 113 Å². The van der Waals surface area contributed by atoms with Crippen LogP contribution in [0.3, 0.4) is 0 Å². The lowest BCUT2D eigenvalue weighted by Gasteiger charge is -2.11. The summed E-state index contributed by atoms with van der Waals surface area (Å²) in [6, 6.07) is 9.51. The first kappa shape index (κ1) is 12.6. The fourth-order valence-electron chi connectivity index (χ4n) is 2.34. The average molecular weight is 279 g/mol. The van der Waals surface area contributed by atoms with Crippen LogP contribution in [0, 0.1) is 0 Å². The van der Waals surface area contributed by atoms with E-state index in [1.165, 1.54) is 0 Å². The minimum Gasteiger partial charge on any atom is -0.609 e. The fourth-order valence-corrected chi connectivity index (χ4v) is 2.97. The molecular formula is C13H14FN3OS. The van der Waals surface area contributed by atoms with E-state index < -0.39 is 17.3 Å². The summed E-state index contributed by atoms with van der Waals surface area (Å²) in [6.07, 6.45) is -0.793. The third-order valence-electron chi connectivity index (χ3n) is 3.29. The Morgan fingerprint density at radius 2 is 2.16 bits per heavy atom. The van der Waals surface area contributed by atoms with Crippen LogP contribution in [-0.2, 0) is 11.2 Å². The lowest BCUT2D eigenvalue weighted by molar-refractivity contribution is 0.326. The van der Waals surface area contributed by atoms with Gasteiger partial charge in [-0.1, -0.05) is 30.3 Å². The van der Waals surface area contributed by atoms with Crippen LogP contribution >= 0.6 is 0 Å². The highest BCUT2D eigenvalue weighted by atomic mass is 32.2. The molecule has 0 bridgehead atoms. The summed E-state index contributed by atoms with van der Waals surface area (Å²) < 4.78 is 27.3. The maximum absolute atomic E-state index is 14.0. The zero-order valence-corrected chi connectivity index (χ0v) is 11.3. The Kier molecular flexibility index (Phi) is 3.28. The van der Waals surface area contributed by atoms with Gasteiger partial charge in [0.2, 0.25) is 0 Å². The van der Waals surface area contributed by atoms with Crippen molar-refractivity contribution in [2.45, 2.75) is 30.7 Å². The van der Waals surface area contributed by atoms with Crippen LogP contribution in [0.1, 0.15) is 36.9 Å². The molecule has 0 amide bonds. The van der Waals surface area contributed by atoms with Crippen LogP contribution in [0.25, 0.3) is 0 Å². The highest BCUT2D eigenvalue weighted by molar-refractivity contribution is 7.91. The topological polar surface area (TPSA) is 53.8 Å². The Balaban J connectivity index is 1.99. The van der Waals surface area contributed by atoms with Gasteiger partial charge < -0.3 is 4.55 Å². The van der Waals surface area contributed by atoms with Gasteiger partial charge >= 0.3 is 5.16 Å². The largest absolute Gasteiger partial charge is 0.609 e. The first-order valence-electron chi connectivity index (χ1n) is 6.24. The van der Waals surface area contributed by atoms with Gasteiger partial charge in [-0.15, -0.1) is 5.10 Å². The van der Waals surface area contributed by atoms with E-state index in [0.29, 0.717) is 18.0 Å². The zero-order valence-electron chi connectivity index (χ0n) is 10.5. The number of benzene rings is 1. The Morgan fingerprint density at radius 1 is 1.42 bits per heavy atom. The van der Waals surface area contributed by atoms with Gasteiger partial charge in [0.05, 0.1) is 6.04 Å². The lowest BCUT2D eigenvalue weighted by Crippen LogP contribution is -2.11. The van der Waals surface area contributed by atoms with E-state index >= 15 is 0 Å². The number of nitrogens with zero attached hydrogens (tertiary/aromatic N) is 3. The van der Waals surface area contributed by atoms with Gasteiger partial charge in [0.15, 0.2) is 12.0 Å². The monoisotopic (exact) mass is 279 g/mol. The third kappa shape index (κ3) is 2.15. The van der Waals surface area contributed by atoms with E-state index in [-0.39, 0.29) is 11.2 Å². The van der Waals surface area contributed by atoms with Gasteiger partial charge in [-0.2, -0.15) is 4.98 Å². The molecular weight excluding hydrogens is 265 g/mol. The van der Waals surface area contributed by atoms with Crippen molar-refractivity contribution in [2.24, 2.45) is 0 Å². The van der Waals surface area contributed by atoms with Crippen molar-refractivity contribution in [1.29, 1.82) is 0 Å². The molecule has 1 aliphatic rings. The Morgan fingerprint density at radius 3 is 2.84 bits per heavy atom. The van der Waals surface area contributed by atoms with Crippen molar-refractivity contribution >= 4 is 11.2 Å². The normalized spacial score (nSPS) is 23.3. The highest BCUT2D eigenvalue weighted by Gasteiger charge is 2.37. The Hall–Kier alpha value is -1.40. The summed E-state index contributed by atoms with van der Waals surface area (Å²) >= 11 is -1.24. The van der Waals surface area contributed by atoms with Crippen molar-refractivity contribution in [2.75, 3.05) is 5.75 Å². The maximum atomic E-state index is 14.0. The molecule has 2 aromatic rings. The molecule has 1 aromatic carbocycles. The molecule has 2 unspecified atom stereocenters. The van der Waals surface area contributed by atoms with Gasteiger partial charge in [0, 0.05) is 17.6 Å². The van der Waals surface area contributed by atoms with Gasteiger partial charge in [-0.25, -0.2) is 9.07 Å². The summed E-state index contributed by atoms with van der Waals surface area (Å²) in [5.41, 5.74) is 1.00. The molecule has 19 heavy (non-hydrogen) atoms. The third-order valence-corrected chi connectivity index (χ3v) is 4.40. The molecule has 0 N–H and O–H groups in total. The molecule has 1 aromatic heterocycles. The van der Waals surface area contributed by atoms with Gasteiger partial charge in [-0.05, 0) is 12.5 Å². The number of alkyl halides is 1. The number of hydrogen-bond acceptors (Lipinski definition) is 3. The molecule has 3 atom stereocenters. The SMILES string of the molecule is CC[S@+]([O-])c1nc2n(n1)C(c1ccccc1)CC2F. The first-order chi connectivity index (χ1) is 9.20. The van der Waals surface area contributed by atoms with Gasteiger partial charge in [-0.3, -0.25) is 0 Å². The predicted molar refractivity (Wildman–Crippen MR) is 70.0 cm³/mol.